The van der Waals surface area contributed by atoms with Crippen molar-refractivity contribution in [3.05, 3.63) is 28.8 Å². The van der Waals surface area contributed by atoms with Gasteiger partial charge in [0.15, 0.2) is 0 Å². The van der Waals surface area contributed by atoms with E-state index < -0.39 is 12.0 Å². The first kappa shape index (κ1) is 11.6. The Morgan fingerprint density at radius 3 is 2.88 bits per heavy atom. The molecule has 1 aromatic rings. The zero-order valence-electron chi connectivity index (χ0n) is 8.18. The first-order valence-electron chi connectivity index (χ1n) is 4.67. The number of carbonyl (C=O) groups is 1. The van der Waals surface area contributed by atoms with E-state index in [-0.39, 0.29) is 16.1 Å². The molecule has 4 nitrogen and oxygen atoms in total. The van der Waals surface area contributed by atoms with Gasteiger partial charge in [0.05, 0.1) is 10.4 Å². The third-order valence-corrected chi connectivity index (χ3v) is 3.92. The molecule has 1 aromatic carbocycles. The molecule has 0 bridgehead atoms. The van der Waals surface area contributed by atoms with Crippen molar-refractivity contribution >= 4 is 29.3 Å². The summed E-state index contributed by atoms with van der Waals surface area (Å²) in [5.74, 6) is -0.290. The van der Waals surface area contributed by atoms with E-state index >= 15 is 0 Å². The van der Waals surface area contributed by atoms with Gasteiger partial charge >= 0.3 is 5.97 Å². The molecule has 0 aliphatic carbocycles. The maximum Gasteiger partial charge on any atom is 0.321 e. The van der Waals surface area contributed by atoms with E-state index in [2.05, 4.69) is 5.32 Å². The molecule has 0 aromatic heterocycles. The molecular formula is C10H10ClNO3S. The number of benzene rings is 1. The highest BCUT2D eigenvalue weighted by Gasteiger charge is 2.30. The predicted molar refractivity (Wildman–Crippen MR) is 62.9 cm³/mol. The van der Waals surface area contributed by atoms with Gasteiger partial charge < -0.3 is 10.2 Å². The van der Waals surface area contributed by atoms with Gasteiger partial charge in [-0.2, -0.15) is 0 Å². The predicted octanol–water partition coefficient (Wildman–Crippen LogP) is 1.83. The summed E-state index contributed by atoms with van der Waals surface area (Å²) in [7, 11) is 0. The van der Waals surface area contributed by atoms with E-state index in [0.717, 1.165) is 5.56 Å². The topological polar surface area (TPSA) is 69.6 Å². The van der Waals surface area contributed by atoms with Crippen molar-refractivity contribution in [2.45, 2.75) is 11.4 Å². The standard InChI is InChI=1S/C10H10ClNO3S/c11-6-3-5(1-2-8(6)13)9-12-7(4-16-9)10(14)15/h1-3,7,9,12-13H,4H2,(H,14,15)/t7-,9-/m0/s1. The lowest BCUT2D eigenvalue weighted by atomic mass is 10.2. The van der Waals surface area contributed by atoms with Crippen molar-refractivity contribution < 1.29 is 15.0 Å². The minimum absolute atomic E-state index is 0.0307. The minimum atomic E-state index is -0.847. The van der Waals surface area contributed by atoms with Crippen LogP contribution in [0.3, 0.4) is 0 Å². The molecular weight excluding hydrogens is 250 g/mol. The van der Waals surface area contributed by atoms with Crippen LogP contribution >= 0.6 is 23.4 Å². The molecule has 86 valence electrons. The third kappa shape index (κ3) is 2.26. The van der Waals surface area contributed by atoms with E-state index in [1.165, 1.54) is 17.8 Å². The zero-order valence-corrected chi connectivity index (χ0v) is 9.76. The van der Waals surface area contributed by atoms with E-state index in [9.17, 15) is 9.90 Å². The molecule has 0 saturated carbocycles. The van der Waals surface area contributed by atoms with Gasteiger partial charge in [-0.1, -0.05) is 17.7 Å². The lowest BCUT2D eigenvalue weighted by molar-refractivity contribution is -0.138. The molecule has 1 saturated heterocycles. The summed E-state index contributed by atoms with van der Waals surface area (Å²) >= 11 is 7.30. The van der Waals surface area contributed by atoms with Crippen LogP contribution in [0.25, 0.3) is 0 Å². The van der Waals surface area contributed by atoms with Crippen molar-refractivity contribution in [3.63, 3.8) is 0 Å². The summed E-state index contributed by atoms with van der Waals surface area (Å²) in [6.45, 7) is 0. The Balaban J connectivity index is 2.14. The third-order valence-electron chi connectivity index (χ3n) is 2.35. The summed E-state index contributed by atoms with van der Waals surface area (Å²) in [5.41, 5.74) is 0.872. The number of carboxylic acids is 1. The Labute approximate surface area is 102 Å². The molecule has 2 atom stereocenters. The van der Waals surface area contributed by atoms with Crippen LogP contribution in [0, 0.1) is 0 Å². The molecule has 0 radical (unpaired) electrons. The molecule has 0 spiro atoms. The fourth-order valence-corrected chi connectivity index (χ4v) is 2.90. The van der Waals surface area contributed by atoms with Crippen molar-refractivity contribution in [2.75, 3.05) is 5.75 Å². The number of rotatable bonds is 2. The van der Waals surface area contributed by atoms with Gasteiger partial charge in [0.25, 0.3) is 0 Å². The van der Waals surface area contributed by atoms with E-state index in [4.69, 9.17) is 16.7 Å². The van der Waals surface area contributed by atoms with Crippen molar-refractivity contribution in [3.8, 4) is 5.75 Å². The molecule has 1 aliphatic rings. The highest BCUT2D eigenvalue weighted by molar-refractivity contribution is 7.99. The molecule has 16 heavy (non-hydrogen) atoms. The number of phenols is 1. The Morgan fingerprint density at radius 2 is 2.31 bits per heavy atom. The van der Waals surface area contributed by atoms with Crippen LogP contribution in [0.1, 0.15) is 10.9 Å². The summed E-state index contributed by atoms with van der Waals surface area (Å²) in [6, 6.07) is 4.36. The maximum atomic E-state index is 10.8. The molecule has 0 unspecified atom stereocenters. The van der Waals surface area contributed by atoms with Crippen molar-refractivity contribution in [1.82, 2.24) is 5.32 Å². The van der Waals surface area contributed by atoms with Crippen LogP contribution in [-0.2, 0) is 4.79 Å². The number of carboxylic acid groups (broad SMARTS) is 1. The van der Waals surface area contributed by atoms with Crippen LogP contribution < -0.4 is 5.32 Å². The Hall–Kier alpha value is -0.910. The lowest BCUT2D eigenvalue weighted by Crippen LogP contribution is -2.33. The van der Waals surface area contributed by atoms with E-state index in [1.807, 2.05) is 0 Å². The van der Waals surface area contributed by atoms with Crippen molar-refractivity contribution in [2.24, 2.45) is 0 Å². The number of thioether (sulfide) groups is 1. The fourth-order valence-electron chi connectivity index (χ4n) is 1.49. The second-order valence-corrected chi connectivity index (χ2v) is 5.03. The molecule has 1 heterocycles. The number of nitrogens with one attached hydrogen (secondary N) is 1. The number of hydrogen-bond donors (Lipinski definition) is 3. The summed E-state index contributed by atoms with van der Waals surface area (Å²) < 4.78 is 0. The monoisotopic (exact) mass is 259 g/mol. The average molecular weight is 260 g/mol. The summed E-state index contributed by atoms with van der Waals surface area (Å²) in [4.78, 5) is 10.8. The summed E-state index contributed by atoms with van der Waals surface area (Å²) in [5, 5.41) is 21.3. The second-order valence-electron chi connectivity index (χ2n) is 3.48. The number of hydrogen-bond acceptors (Lipinski definition) is 4. The van der Waals surface area contributed by atoms with Crippen LogP contribution in [0.15, 0.2) is 18.2 Å². The first-order valence-corrected chi connectivity index (χ1v) is 6.09. The average Bonchev–Trinajstić information content (AvgIpc) is 2.71. The van der Waals surface area contributed by atoms with Crippen LogP contribution in [-0.4, -0.2) is 28.0 Å². The van der Waals surface area contributed by atoms with E-state index in [0.29, 0.717) is 5.75 Å². The Bertz CT molecular complexity index is 427. The van der Waals surface area contributed by atoms with Crippen LogP contribution in [0.4, 0.5) is 0 Å². The number of aliphatic carboxylic acids is 1. The Morgan fingerprint density at radius 1 is 1.56 bits per heavy atom. The van der Waals surface area contributed by atoms with Gasteiger partial charge in [-0.05, 0) is 17.7 Å². The SMILES string of the molecule is O=C(O)[C@@H]1CS[C@@H](c2ccc(O)c(Cl)c2)N1. The van der Waals surface area contributed by atoms with Crippen molar-refractivity contribution in [1.29, 1.82) is 0 Å². The van der Waals surface area contributed by atoms with E-state index in [1.54, 1.807) is 12.1 Å². The summed E-state index contributed by atoms with van der Waals surface area (Å²) in [6.07, 6.45) is 0. The highest BCUT2D eigenvalue weighted by Crippen LogP contribution is 2.35. The lowest BCUT2D eigenvalue weighted by Gasteiger charge is -2.11. The second kappa shape index (κ2) is 4.53. The molecule has 3 N–H and O–H groups in total. The van der Waals surface area contributed by atoms with Gasteiger partial charge in [0.2, 0.25) is 0 Å². The van der Waals surface area contributed by atoms with Gasteiger partial charge in [0.1, 0.15) is 11.8 Å². The quantitative estimate of drug-likeness (QED) is 0.756. The largest absolute Gasteiger partial charge is 0.506 e. The molecule has 0 amide bonds. The minimum Gasteiger partial charge on any atom is -0.506 e. The fraction of sp³-hybridized carbons (Fsp3) is 0.300. The van der Waals surface area contributed by atoms with Gasteiger partial charge in [-0.15, -0.1) is 11.8 Å². The van der Waals surface area contributed by atoms with Crippen LogP contribution in [0.2, 0.25) is 5.02 Å². The number of phenolic OH excluding ortho intramolecular Hbond substituents is 1. The Kier molecular flexibility index (Phi) is 3.28. The first-order chi connectivity index (χ1) is 7.58. The molecule has 6 heteroatoms. The van der Waals surface area contributed by atoms with Crippen LogP contribution in [0.5, 0.6) is 5.75 Å². The normalized spacial score (nSPS) is 24.6. The smallest absolute Gasteiger partial charge is 0.321 e. The highest BCUT2D eigenvalue weighted by atomic mass is 35.5. The molecule has 2 rings (SSSR count). The number of halogens is 1. The van der Waals surface area contributed by atoms with Gasteiger partial charge in [-0.25, -0.2) is 0 Å². The molecule has 1 fully saturated rings. The van der Waals surface area contributed by atoms with Gasteiger partial charge in [-0.3, -0.25) is 10.1 Å². The van der Waals surface area contributed by atoms with Gasteiger partial charge in [0, 0.05) is 5.75 Å². The molecule has 1 aliphatic heterocycles. The number of aromatic hydroxyl groups is 1. The maximum absolute atomic E-state index is 10.8. The zero-order chi connectivity index (χ0) is 11.7.